The first-order valence-electron chi connectivity index (χ1n) is 5.90. The van der Waals surface area contributed by atoms with Gasteiger partial charge in [0.15, 0.2) is 0 Å². The predicted octanol–water partition coefficient (Wildman–Crippen LogP) is 0.821. The van der Waals surface area contributed by atoms with E-state index in [9.17, 15) is 9.59 Å². The summed E-state index contributed by atoms with van der Waals surface area (Å²) in [4.78, 5) is 24.7. The van der Waals surface area contributed by atoms with Crippen molar-refractivity contribution in [2.75, 3.05) is 18.9 Å². The van der Waals surface area contributed by atoms with Crippen LogP contribution in [0.15, 0.2) is 30.3 Å². The molecule has 1 aromatic carbocycles. The lowest BCUT2D eigenvalue weighted by molar-refractivity contribution is -0.134. The standard InChI is InChI=1S/C13H19N3O2/c1-3-11(14)13(18)16(2)9-12(17)15-10-7-5-4-6-8-10/h4-8,11H,3,9,14H2,1-2H3,(H,15,17)/t11-/m1/s1. The van der Waals surface area contributed by atoms with Crippen LogP contribution in [0.1, 0.15) is 13.3 Å². The molecule has 3 N–H and O–H groups in total. The van der Waals surface area contributed by atoms with Crippen molar-refractivity contribution >= 4 is 17.5 Å². The Hall–Kier alpha value is -1.88. The van der Waals surface area contributed by atoms with E-state index in [1.165, 1.54) is 4.90 Å². The lowest BCUT2D eigenvalue weighted by Crippen LogP contribution is -2.44. The number of amides is 2. The molecule has 5 heteroatoms. The van der Waals surface area contributed by atoms with Gasteiger partial charge in [0.2, 0.25) is 11.8 Å². The molecule has 0 saturated carbocycles. The number of carbonyl (C=O) groups is 2. The molecule has 0 aliphatic rings. The zero-order valence-electron chi connectivity index (χ0n) is 10.7. The summed E-state index contributed by atoms with van der Waals surface area (Å²) in [7, 11) is 1.57. The van der Waals surface area contributed by atoms with E-state index in [0.717, 1.165) is 0 Å². The topological polar surface area (TPSA) is 75.4 Å². The number of likely N-dealkylation sites (N-methyl/N-ethyl adjacent to an activating group) is 1. The third kappa shape index (κ3) is 4.18. The molecule has 0 saturated heterocycles. The minimum Gasteiger partial charge on any atom is -0.335 e. The quantitative estimate of drug-likeness (QED) is 0.811. The predicted molar refractivity (Wildman–Crippen MR) is 71.0 cm³/mol. The number of anilines is 1. The number of carbonyl (C=O) groups excluding carboxylic acids is 2. The van der Waals surface area contributed by atoms with Gasteiger partial charge in [-0.3, -0.25) is 9.59 Å². The Morgan fingerprint density at radius 1 is 1.33 bits per heavy atom. The summed E-state index contributed by atoms with van der Waals surface area (Å²) in [6, 6.07) is 8.56. The lowest BCUT2D eigenvalue weighted by atomic mass is 10.2. The highest BCUT2D eigenvalue weighted by Gasteiger charge is 2.18. The van der Waals surface area contributed by atoms with E-state index in [1.54, 1.807) is 19.2 Å². The van der Waals surface area contributed by atoms with Crippen molar-refractivity contribution in [3.63, 3.8) is 0 Å². The fraction of sp³-hybridized carbons (Fsp3) is 0.385. The zero-order chi connectivity index (χ0) is 13.5. The number of rotatable bonds is 5. The van der Waals surface area contributed by atoms with E-state index in [4.69, 9.17) is 5.73 Å². The molecule has 0 aliphatic carbocycles. The molecule has 0 spiro atoms. The second-order valence-electron chi connectivity index (χ2n) is 4.12. The van der Waals surface area contributed by atoms with Crippen LogP contribution >= 0.6 is 0 Å². The van der Waals surface area contributed by atoms with Crippen molar-refractivity contribution in [1.29, 1.82) is 0 Å². The molecule has 0 heterocycles. The molecule has 0 fully saturated rings. The summed E-state index contributed by atoms with van der Waals surface area (Å²) >= 11 is 0. The van der Waals surface area contributed by atoms with Gasteiger partial charge in [-0.05, 0) is 18.6 Å². The molecule has 0 unspecified atom stereocenters. The number of nitrogens with two attached hydrogens (primary N) is 1. The van der Waals surface area contributed by atoms with Crippen LogP contribution < -0.4 is 11.1 Å². The van der Waals surface area contributed by atoms with Crippen molar-refractivity contribution in [2.24, 2.45) is 5.73 Å². The van der Waals surface area contributed by atoms with Crippen LogP contribution in [0.4, 0.5) is 5.69 Å². The number of nitrogens with one attached hydrogen (secondary N) is 1. The Morgan fingerprint density at radius 2 is 1.94 bits per heavy atom. The molecule has 98 valence electrons. The van der Waals surface area contributed by atoms with Gasteiger partial charge in [0.1, 0.15) is 0 Å². The number of nitrogens with zero attached hydrogens (tertiary/aromatic N) is 1. The van der Waals surface area contributed by atoms with E-state index in [-0.39, 0.29) is 18.4 Å². The second-order valence-corrected chi connectivity index (χ2v) is 4.12. The first-order chi connectivity index (χ1) is 8.54. The first-order valence-corrected chi connectivity index (χ1v) is 5.90. The molecule has 0 aliphatic heterocycles. The Balaban J connectivity index is 2.48. The van der Waals surface area contributed by atoms with E-state index >= 15 is 0 Å². The van der Waals surface area contributed by atoms with Crippen LogP contribution in [-0.4, -0.2) is 36.3 Å². The van der Waals surface area contributed by atoms with E-state index < -0.39 is 6.04 Å². The smallest absolute Gasteiger partial charge is 0.243 e. The molecule has 5 nitrogen and oxygen atoms in total. The van der Waals surface area contributed by atoms with Gasteiger partial charge in [-0.25, -0.2) is 0 Å². The van der Waals surface area contributed by atoms with Gasteiger partial charge in [-0.1, -0.05) is 25.1 Å². The van der Waals surface area contributed by atoms with Crippen LogP contribution in [0, 0.1) is 0 Å². The van der Waals surface area contributed by atoms with Crippen LogP contribution in [0.25, 0.3) is 0 Å². The molecule has 2 amide bonds. The molecular formula is C13H19N3O2. The van der Waals surface area contributed by atoms with Gasteiger partial charge >= 0.3 is 0 Å². The van der Waals surface area contributed by atoms with Crippen LogP contribution in [0.3, 0.4) is 0 Å². The normalized spacial score (nSPS) is 11.7. The number of para-hydroxylation sites is 1. The maximum atomic E-state index is 11.7. The highest BCUT2D eigenvalue weighted by molar-refractivity contribution is 5.95. The summed E-state index contributed by atoms with van der Waals surface area (Å²) in [5.74, 6) is -0.457. The summed E-state index contributed by atoms with van der Waals surface area (Å²) in [6.45, 7) is 1.84. The highest BCUT2D eigenvalue weighted by atomic mass is 16.2. The first kappa shape index (κ1) is 14.2. The maximum Gasteiger partial charge on any atom is 0.243 e. The molecule has 0 bridgehead atoms. The van der Waals surface area contributed by atoms with Gasteiger partial charge in [0.05, 0.1) is 12.6 Å². The molecule has 1 aromatic rings. The van der Waals surface area contributed by atoms with Crippen LogP contribution in [0.5, 0.6) is 0 Å². The molecule has 1 atom stereocenters. The largest absolute Gasteiger partial charge is 0.335 e. The Labute approximate surface area is 107 Å². The summed E-state index contributed by atoms with van der Waals surface area (Å²) in [5.41, 5.74) is 6.33. The second kappa shape index (κ2) is 6.76. The van der Waals surface area contributed by atoms with Crippen molar-refractivity contribution in [3.8, 4) is 0 Å². The van der Waals surface area contributed by atoms with E-state index in [2.05, 4.69) is 5.32 Å². The molecule has 1 rings (SSSR count). The van der Waals surface area contributed by atoms with Crippen LogP contribution in [0.2, 0.25) is 0 Å². The van der Waals surface area contributed by atoms with Gasteiger partial charge in [-0.15, -0.1) is 0 Å². The molecule has 0 aromatic heterocycles. The maximum absolute atomic E-state index is 11.7. The van der Waals surface area contributed by atoms with Gasteiger partial charge in [0, 0.05) is 12.7 Å². The Kier molecular flexibility index (Phi) is 5.32. The third-order valence-electron chi connectivity index (χ3n) is 2.57. The fourth-order valence-electron chi connectivity index (χ4n) is 1.47. The average Bonchev–Trinajstić information content (AvgIpc) is 2.37. The van der Waals surface area contributed by atoms with Crippen molar-refractivity contribution in [1.82, 2.24) is 4.90 Å². The molecule has 0 radical (unpaired) electrons. The Morgan fingerprint density at radius 3 is 2.50 bits per heavy atom. The molecule has 18 heavy (non-hydrogen) atoms. The summed E-state index contributed by atoms with van der Waals surface area (Å²) in [5, 5.41) is 2.71. The fourth-order valence-corrected chi connectivity index (χ4v) is 1.47. The van der Waals surface area contributed by atoms with Gasteiger partial charge in [-0.2, -0.15) is 0 Å². The van der Waals surface area contributed by atoms with Crippen molar-refractivity contribution < 1.29 is 9.59 Å². The summed E-state index contributed by atoms with van der Waals surface area (Å²) < 4.78 is 0. The summed E-state index contributed by atoms with van der Waals surface area (Å²) in [6.07, 6.45) is 0.559. The minimum atomic E-state index is -0.542. The zero-order valence-corrected chi connectivity index (χ0v) is 10.7. The average molecular weight is 249 g/mol. The number of hydrogen-bond donors (Lipinski definition) is 2. The monoisotopic (exact) mass is 249 g/mol. The molecular weight excluding hydrogens is 230 g/mol. The third-order valence-corrected chi connectivity index (χ3v) is 2.57. The van der Waals surface area contributed by atoms with Crippen LogP contribution in [-0.2, 0) is 9.59 Å². The highest BCUT2D eigenvalue weighted by Crippen LogP contribution is 2.05. The van der Waals surface area contributed by atoms with Crippen molar-refractivity contribution in [3.05, 3.63) is 30.3 Å². The Bertz CT molecular complexity index is 406. The number of hydrogen-bond acceptors (Lipinski definition) is 3. The lowest BCUT2D eigenvalue weighted by Gasteiger charge is -2.20. The SMILES string of the molecule is CC[C@@H](N)C(=O)N(C)CC(=O)Nc1ccccc1. The number of benzene rings is 1. The minimum absolute atomic E-state index is 0.00142. The van der Waals surface area contributed by atoms with E-state index in [0.29, 0.717) is 12.1 Å². The van der Waals surface area contributed by atoms with Gasteiger partial charge in [0.25, 0.3) is 0 Å². The van der Waals surface area contributed by atoms with Crippen molar-refractivity contribution in [2.45, 2.75) is 19.4 Å². The van der Waals surface area contributed by atoms with Gasteiger partial charge < -0.3 is 16.0 Å². The van der Waals surface area contributed by atoms with E-state index in [1.807, 2.05) is 25.1 Å².